The van der Waals surface area contributed by atoms with Crippen LogP contribution in [0.15, 0.2) is 65.9 Å². The van der Waals surface area contributed by atoms with Gasteiger partial charge in [0.05, 0.1) is 42.1 Å². The Morgan fingerprint density at radius 2 is 2.12 bits per heavy atom. The Bertz CT molecular complexity index is 1170. The summed E-state index contributed by atoms with van der Waals surface area (Å²) in [5.41, 5.74) is 9.13. The second kappa shape index (κ2) is 8.35. The smallest absolute Gasteiger partial charge is 0.145 e. The van der Waals surface area contributed by atoms with Crippen molar-refractivity contribution in [3.63, 3.8) is 0 Å². The summed E-state index contributed by atoms with van der Waals surface area (Å²) in [7, 11) is 0. The van der Waals surface area contributed by atoms with Gasteiger partial charge in [-0.15, -0.1) is 0 Å². The van der Waals surface area contributed by atoms with Crippen LogP contribution in [-0.2, 0) is 4.74 Å². The molecule has 2 aromatic rings. The van der Waals surface area contributed by atoms with E-state index in [9.17, 15) is 5.11 Å². The Morgan fingerprint density at radius 3 is 3.00 bits per heavy atom. The summed E-state index contributed by atoms with van der Waals surface area (Å²) >= 11 is 0. The quantitative estimate of drug-likeness (QED) is 0.517. The molecule has 8 nitrogen and oxygen atoms in total. The van der Waals surface area contributed by atoms with Crippen molar-refractivity contribution in [1.82, 2.24) is 25.2 Å². The van der Waals surface area contributed by atoms with Crippen LogP contribution in [0.4, 0.5) is 5.82 Å². The molecule has 0 aromatic carbocycles. The van der Waals surface area contributed by atoms with E-state index in [-0.39, 0.29) is 18.2 Å². The number of nitrogens with two attached hydrogens (primary N) is 1. The van der Waals surface area contributed by atoms with Crippen LogP contribution in [0.3, 0.4) is 0 Å². The van der Waals surface area contributed by atoms with Crippen molar-refractivity contribution in [2.45, 2.75) is 50.0 Å². The van der Waals surface area contributed by atoms with Crippen molar-refractivity contribution in [2.24, 2.45) is 5.92 Å². The first-order valence-electron chi connectivity index (χ1n) is 11.8. The molecule has 0 amide bonds. The Morgan fingerprint density at radius 1 is 1.21 bits per heavy atom. The standard InChI is InChI=1S/C25H30N6O2/c26-24-19-7-8-31(25(19)29-14-28-24)21-10-18(11-22(21)32)33-13-16-3-4-17-5-6-23(30-20(17)9-16)27-12-15-1-2-15/h3-9,14-15,18,20-22,27,30,32H,1-2,10-13H2,(H2,26,28,29). The van der Waals surface area contributed by atoms with Crippen LogP contribution in [0, 0.1) is 5.92 Å². The SMILES string of the molecule is Nc1ncnc2c1ccn2C1CC(OCC2=CC3NC(NCC4CC4)=CC=C3C=C2)CC1O. The molecule has 6 rings (SSSR count). The van der Waals surface area contributed by atoms with Crippen molar-refractivity contribution in [3.8, 4) is 0 Å². The third-order valence-corrected chi connectivity index (χ3v) is 7.10. The van der Waals surface area contributed by atoms with Crippen LogP contribution in [0.2, 0.25) is 0 Å². The predicted octanol–water partition coefficient (Wildman–Crippen LogP) is 2.33. The molecule has 2 aromatic heterocycles. The van der Waals surface area contributed by atoms with Crippen LogP contribution in [0.1, 0.15) is 31.7 Å². The number of allylic oxidation sites excluding steroid dienone is 2. The van der Waals surface area contributed by atoms with Crippen molar-refractivity contribution >= 4 is 16.9 Å². The molecule has 8 heteroatoms. The van der Waals surface area contributed by atoms with Gasteiger partial charge >= 0.3 is 0 Å². The number of aromatic nitrogens is 3. The second-order valence-corrected chi connectivity index (χ2v) is 9.53. The second-order valence-electron chi connectivity index (χ2n) is 9.53. The number of hydrogen-bond donors (Lipinski definition) is 4. The van der Waals surface area contributed by atoms with E-state index < -0.39 is 6.10 Å². The normalized spacial score (nSPS) is 28.7. The van der Waals surface area contributed by atoms with E-state index in [1.807, 2.05) is 16.8 Å². The zero-order valence-electron chi connectivity index (χ0n) is 18.5. The topological polar surface area (TPSA) is 110 Å². The molecule has 0 bridgehead atoms. The number of hydrogen-bond acceptors (Lipinski definition) is 7. The van der Waals surface area contributed by atoms with Gasteiger partial charge in [0.2, 0.25) is 0 Å². The molecule has 33 heavy (non-hydrogen) atoms. The van der Waals surface area contributed by atoms with Gasteiger partial charge in [-0.05, 0) is 48.5 Å². The number of aliphatic hydroxyl groups excluding tert-OH is 1. The van der Waals surface area contributed by atoms with Gasteiger partial charge < -0.3 is 30.8 Å². The van der Waals surface area contributed by atoms with Gasteiger partial charge in [0.1, 0.15) is 17.8 Å². The largest absolute Gasteiger partial charge is 0.391 e. The van der Waals surface area contributed by atoms with E-state index in [0.717, 1.165) is 41.3 Å². The summed E-state index contributed by atoms with van der Waals surface area (Å²) in [4.78, 5) is 8.43. The minimum Gasteiger partial charge on any atom is -0.391 e. The summed E-state index contributed by atoms with van der Waals surface area (Å²) in [6.45, 7) is 1.58. The molecule has 3 heterocycles. The van der Waals surface area contributed by atoms with Crippen molar-refractivity contribution in [3.05, 3.63) is 65.9 Å². The average molecular weight is 447 g/mol. The van der Waals surface area contributed by atoms with E-state index in [4.69, 9.17) is 10.5 Å². The highest BCUT2D eigenvalue weighted by molar-refractivity contribution is 5.86. The van der Waals surface area contributed by atoms with E-state index in [1.165, 1.54) is 24.7 Å². The number of dihydropyridines is 1. The van der Waals surface area contributed by atoms with Crippen LogP contribution in [-0.4, -0.2) is 51.0 Å². The molecule has 2 saturated carbocycles. The van der Waals surface area contributed by atoms with Crippen molar-refractivity contribution in [2.75, 3.05) is 18.9 Å². The molecule has 5 N–H and O–H groups in total. The van der Waals surface area contributed by atoms with Crippen molar-refractivity contribution < 1.29 is 9.84 Å². The molecule has 2 fully saturated rings. The minimum absolute atomic E-state index is 0.0112. The zero-order valence-corrected chi connectivity index (χ0v) is 18.5. The first-order chi connectivity index (χ1) is 16.1. The van der Waals surface area contributed by atoms with Gasteiger partial charge in [-0.2, -0.15) is 0 Å². The lowest BCUT2D eigenvalue weighted by Gasteiger charge is -2.27. The maximum Gasteiger partial charge on any atom is 0.145 e. The van der Waals surface area contributed by atoms with E-state index >= 15 is 0 Å². The molecule has 4 aliphatic rings. The lowest BCUT2D eigenvalue weighted by molar-refractivity contribution is 0.0629. The maximum absolute atomic E-state index is 10.7. The predicted molar refractivity (Wildman–Crippen MR) is 127 cm³/mol. The summed E-state index contributed by atoms with van der Waals surface area (Å²) in [5, 5.41) is 18.7. The Kier molecular flexibility index (Phi) is 5.19. The first kappa shape index (κ1) is 20.5. The number of nitrogen functional groups attached to an aromatic ring is 1. The van der Waals surface area contributed by atoms with E-state index in [0.29, 0.717) is 18.8 Å². The van der Waals surface area contributed by atoms with Crippen LogP contribution < -0.4 is 16.4 Å². The Hall–Kier alpha value is -3.10. The molecule has 0 spiro atoms. The molecule has 3 aliphatic carbocycles. The van der Waals surface area contributed by atoms with Gasteiger partial charge in [-0.1, -0.05) is 24.3 Å². The van der Waals surface area contributed by atoms with E-state index in [2.05, 4.69) is 51.0 Å². The molecule has 0 saturated heterocycles. The fourth-order valence-electron chi connectivity index (χ4n) is 4.99. The van der Waals surface area contributed by atoms with Gasteiger partial charge in [-0.3, -0.25) is 0 Å². The first-order valence-corrected chi connectivity index (χ1v) is 11.8. The third kappa shape index (κ3) is 4.16. The molecular formula is C25H30N6O2. The van der Waals surface area contributed by atoms with Gasteiger partial charge in [0.25, 0.3) is 0 Å². The lowest BCUT2D eigenvalue weighted by Crippen LogP contribution is -2.38. The lowest BCUT2D eigenvalue weighted by atomic mass is 9.95. The van der Waals surface area contributed by atoms with Crippen LogP contribution in [0.25, 0.3) is 11.0 Å². The Balaban J connectivity index is 1.07. The van der Waals surface area contributed by atoms with Gasteiger partial charge in [-0.25, -0.2) is 9.97 Å². The molecular weight excluding hydrogens is 416 g/mol. The number of aliphatic hydroxyl groups is 1. The molecule has 172 valence electrons. The maximum atomic E-state index is 10.7. The summed E-state index contributed by atoms with van der Waals surface area (Å²) in [6.07, 6.45) is 17.7. The third-order valence-electron chi connectivity index (χ3n) is 7.10. The minimum atomic E-state index is -0.488. The Labute approximate surface area is 192 Å². The molecule has 0 radical (unpaired) electrons. The highest BCUT2D eigenvalue weighted by Crippen LogP contribution is 2.35. The molecule has 4 atom stereocenters. The van der Waals surface area contributed by atoms with Gasteiger partial charge in [0.15, 0.2) is 0 Å². The van der Waals surface area contributed by atoms with E-state index in [1.54, 1.807) is 0 Å². The fraction of sp³-hybridized carbons (Fsp3) is 0.440. The van der Waals surface area contributed by atoms with Crippen LogP contribution >= 0.6 is 0 Å². The monoisotopic (exact) mass is 446 g/mol. The summed E-state index contributed by atoms with van der Waals surface area (Å²) < 4.78 is 8.25. The number of ether oxygens (including phenoxy) is 1. The average Bonchev–Trinajstić information content (AvgIpc) is 3.44. The fourth-order valence-corrected chi connectivity index (χ4v) is 4.99. The molecule has 1 aliphatic heterocycles. The number of nitrogens with one attached hydrogen (secondary N) is 2. The van der Waals surface area contributed by atoms with Gasteiger partial charge in [0, 0.05) is 19.2 Å². The number of rotatable bonds is 7. The summed E-state index contributed by atoms with van der Waals surface area (Å²) in [6, 6.07) is 1.99. The van der Waals surface area contributed by atoms with Crippen molar-refractivity contribution in [1.29, 1.82) is 0 Å². The van der Waals surface area contributed by atoms with Crippen LogP contribution in [0.5, 0.6) is 0 Å². The molecule has 4 unspecified atom stereocenters. The number of nitrogens with zero attached hydrogens (tertiary/aromatic N) is 3. The zero-order chi connectivity index (χ0) is 22.4. The highest BCUT2D eigenvalue weighted by atomic mass is 16.5. The number of anilines is 1. The highest BCUT2D eigenvalue weighted by Gasteiger charge is 2.36. The number of fused-ring (bicyclic) bond motifs is 2. The summed E-state index contributed by atoms with van der Waals surface area (Å²) in [5.74, 6) is 2.39.